The average Bonchev–Trinajstić information content (AvgIpc) is 3.00. The highest BCUT2D eigenvalue weighted by atomic mass is 35.5. The van der Waals surface area contributed by atoms with Gasteiger partial charge in [0.15, 0.2) is 11.0 Å². The maximum Gasteiger partial charge on any atom is 0.431 e. The number of nitrogens with one attached hydrogen (secondary N) is 1. The molecule has 2 rings (SSSR count). The van der Waals surface area contributed by atoms with Gasteiger partial charge in [-0.25, -0.2) is 17.8 Å². The lowest BCUT2D eigenvalue weighted by molar-refractivity contribution is -0.00877. The highest BCUT2D eigenvalue weighted by molar-refractivity contribution is 7.89. The molecule has 0 spiro atoms. The summed E-state index contributed by atoms with van der Waals surface area (Å²) in [5, 5.41) is 7.42. The van der Waals surface area contributed by atoms with E-state index in [1.165, 1.54) is 19.2 Å². The second kappa shape index (κ2) is 7.74. The van der Waals surface area contributed by atoms with Crippen molar-refractivity contribution in [3.63, 3.8) is 0 Å². The molecule has 0 bridgehead atoms. The SMILES string of the molecule is CN(CCONC(=O)OC(C)(C)C)S(=O)(=O)c1ccc(Cl)c2nonc12. The number of fused-ring (bicyclic) bond motifs is 1. The van der Waals surface area contributed by atoms with Gasteiger partial charge in [0.05, 0.1) is 11.6 Å². The number of nitrogens with zero attached hydrogens (tertiary/aromatic N) is 3. The number of aromatic nitrogens is 2. The molecule has 1 heterocycles. The van der Waals surface area contributed by atoms with Crippen LogP contribution in [-0.4, -0.2) is 54.9 Å². The van der Waals surface area contributed by atoms with Gasteiger partial charge in [-0.05, 0) is 43.2 Å². The van der Waals surface area contributed by atoms with Gasteiger partial charge in [-0.3, -0.25) is 4.84 Å². The van der Waals surface area contributed by atoms with Crippen molar-refractivity contribution < 1.29 is 27.4 Å². The molecular formula is C14H19ClN4O6S. The van der Waals surface area contributed by atoms with Gasteiger partial charge in [0.2, 0.25) is 10.0 Å². The van der Waals surface area contributed by atoms with Crippen molar-refractivity contribution in [2.24, 2.45) is 0 Å². The Morgan fingerprint density at radius 1 is 1.31 bits per heavy atom. The van der Waals surface area contributed by atoms with Gasteiger partial charge in [-0.1, -0.05) is 11.6 Å². The number of sulfonamides is 1. The summed E-state index contributed by atoms with van der Waals surface area (Å²) >= 11 is 5.93. The van der Waals surface area contributed by atoms with Crippen LogP contribution in [0.5, 0.6) is 0 Å². The number of likely N-dealkylation sites (N-methyl/N-ethyl adjacent to an activating group) is 1. The first-order valence-corrected chi connectivity index (χ1v) is 9.32. The summed E-state index contributed by atoms with van der Waals surface area (Å²) in [6, 6.07) is 2.72. The average molecular weight is 407 g/mol. The summed E-state index contributed by atoms with van der Waals surface area (Å²) in [4.78, 5) is 16.3. The van der Waals surface area contributed by atoms with E-state index in [1.807, 2.05) is 0 Å². The van der Waals surface area contributed by atoms with Crippen LogP contribution in [0.15, 0.2) is 21.7 Å². The third-order valence-corrected chi connectivity index (χ3v) is 5.27. The van der Waals surface area contributed by atoms with E-state index in [0.717, 1.165) is 4.31 Å². The fourth-order valence-electron chi connectivity index (χ4n) is 1.89. The number of benzene rings is 1. The lowest BCUT2D eigenvalue weighted by atomic mass is 10.2. The Morgan fingerprint density at radius 3 is 2.62 bits per heavy atom. The molecular weight excluding hydrogens is 388 g/mol. The van der Waals surface area contributed by atoms with E-state index >= 15 is 0 Å². The molecule has 1 aromatic heterocycles. The summed E-state index contributed by atoms with van der Waals surface area (Å²) in [6.07, 6.45) is -0.768. The van der Waals surface area contributed by atoms with Gasteiger partial charge in [0.1, 0.15) is 10.5 Å². The topological polar surface area (TPSA) is 124 Å². The van der Waals surface area contributed by atoms with E-state index in [2.05, 4.69) is 20.4 Å². The molecule has 0 saturated carbocycles. The zero-order valence-corrected chi connectivity index (χ0v) is 16.2. The Morgan fingerprint density at radius 2 is 1.96 bits per heavy atom. The molecule has 1 aromatic carbocycles. The molecule has 26 heavy (non-hydrogen) atoms. The van der Waals surface area contributed by atoms with E-state index in [-0.39, 0.29) is 34.1 Å². The minimum Gasteiger partial charge on any atom is -0.442 e. The number of amides is 1. The quantitative estimate of drug-likeness (QED) is 0.570. The van der Waals surface area contributed by atoms with Gasteiger partial charge in [0.25, 0.3) is 0 Å². The Bertz CT molecular complexity index is 892. The maximum atomic E-state index is 12.7. The van der Waals surface area contributed by atoms with Crippen LogP contribution in [-0.2, 0) is 19.6 Å². The maximum absolute atomic E-state index is 12.7. The standard InChI is InChI=1S/C14H19ClN4O6S/c1-14(2,3)24-13(20)18-23-8-7-19(4)26(21,22)10-6-5-9(15)11-12(10)17-25-16-11/h5-6H,7-8H2,1-4H3,(H,18,20). The molecule has 0 radical (unpaired) electrons. The number of carbonyl (C=O) groups excluding carboxylic acids is 1. The molecule has 1 amide bonds. The number of hydrogen-bond acceptors (Lipinski definition) is 8. The zero-order valence-electron chi connectivity index (χ0n) is 14.6. The second-order valence-electron chi connectivity index (χ2n) is 6.29. The summed E-state index contributed by atoms with van der Waals surface area (Å²) < 4.78 is 36.0. The summed E-state index contributed by atoms with van der Waals surface area (Å²) in [6.45, 7) is 4.99. The Hall–Kier alpha value is -1.95. The van der Waals surface area contributed by atoms with Crippen LogP contribution < -0.4 is 5.48 Å². The number of hydroxylamine groups is 1. The molecule has 0 aliphatic rings. The highest BCUT2D eigenvalue weighted by Crippen LogP contribution is 2.28. The van der Waals surface area contributed by atoms with Crippen molar-refractivity contribution >= 4 is 38.8 Å². The fraction of sp³-hybridized carbons (Fsp3) is 0.500. The monoisotopic (exact) mass is 406 g/mol. The second-order valence-corrected chi connectivity index (χ2v) is 8.71. The van der Waals surface area contributed by atoms with Gasteiger partial charge in [0, 0.05) is 13.6 Å². The predicted molar refractivity (Wildman–Crippen MR) is 92.0 cm³/mol. The fourth-order valence-corrected chi connectivity index (χ4v) is 3.35. The molecule has 0 unspecified atom stereocenters. The first kappa shape index (κ1) is 20.4. The molecule has 0 saturated heterocycles. The van der Waals surface area contributed by atoms with Crippen molar-refractivity contribution in [1.29, 1.82) is 0 Å². The molecule has 10 nitrogen and oxygen atoms in total. The van der Waals surface area contributed by atoms with Crippen molar-refractivity contribution in [2.45, 2.75) is 31.3 Å². The van der Waals surface area contributed by atoms with Crippen LogP contribution in [0.3, 0.4) is 0 Å². The molecule has 1 N–H and O–H groups in total. The molecule has 0 aliphatic heterocycles. The van der Waals surface area contributed by atoms with Gasteiger partial charge in [-0.2, -0.15) is 9.79 Å². The minimum atomic E-state index is -3.89. The summed E-state index contributed by atoms with van der Waals surface area (Å²) in [5.74, 6) is 0. The van der Waals surface area contributed by atoms with E-state index in [9.17, 15) is 13.2 Å². The third-order valence-electron chi connectivity index (χ3n) is 3.08. The minimum absolute atomic E-state index is 0.0342. The largest absolute Gasteiger partial charge is 0.442 e. The number of ether oxygens (including phenoxy) is 1. The number of halogens is 1. The Labute approximate surface area is 155 Å². The lowest BCUT2D eigenvalue weighted by Gasteiger charge is -2.20. The van der Waals surface area contributed by atoms with Crippen LogP contribution in [0.1, 0.15) is 20.8 Å². The summed E-state index contributed by atoms with van der Waals surface area (Å²) in [5.41, 5.74) is 1.61. The Balaban J connectivity index is 1.98. The summed E-state index contributed by atoms with van der Waals surface area (Å²) in [7, 11) is -2.53. The van der Waals surface area contributed by atoms with Crippen molar-refractivity contribution in [3.8, 4) is 0 Å². The molecule has 0 atom stereocenters. The van der Waals surface area contributed by atoms with Gasteiger partial charge >= 0.3 is 6.09 Å². The Kier molecular flexibility index (Phi) is 6.06. The molecule has 0 aliphatic carbocycles. The molecule has 0 fully saturated rings. The van der Waals surface area contributed by atoms with E-state index in [4.69, 9.17) is 21.2 Å². The van der Waals surface area contributed by atoms with E-state index < -0.39 is 21.7 Å². The first-order chi connectivity index (χ1) is 12.0. The zero-order chi connectivity index (χ0) is 19.5. The highest BCUT2D eigenvalue weighted by Gasteiger charge is 2.26. The normalized spacial score (nSPS) is 12.5. The van der Waals surface area contributed by atoms with Crippen LogP contribution in [0.4, 0.5) is 4.79 Å². The number of rotatable bonds is 6. The number of carbonyl (C=O) groups is 1. The number of hydrogen-bond donors (Lipinski definition) is 1. The van der Waals surface area contributed by atoms with Crippen molar-refractivity contribution in [1.82, 2.24) is 20.1 Å². The lowest BCUT2D eigenvalue weighted by Crippen LogP contribution is -2.36. The van der Waals surface area contributed by atoms with Crippen LogP contribution in [0.25, 0.3) is 11.0 Å². The van der Waals surface area contributed by atoms with E-state index in [1.54, 1.807) is 20.8 Å². The van der Waals surface area contributed by atoms with Gasteiger partial charge < -0.3 is 4.74 Å². The van der Waals surface area contributed by atoms with Crippen molar-refractivity contribution in [2.75, 3.05) is 20.2 Å². The van der Waals surface area contributed by atoms with E-state index in [0.29, 0.717) is 0 Å². The smallest absolute Gasteiger partial charge is 0.431 e. The van der Waals surface area contributed by atoms with Gasteiger partial charge in [-0.15, -0.1) is 0 Å². The van der Waals surface area contributed by atoms with Crippen molar-refractivity contribution in [3.05, 3.63) is 17.2 Å². The first-order valence-electron chi connectivity index (χ1n) is 7.50. The van der Waals surface area contributed by atoms with Crippen LogP contribution in [0, 0.1) is 0 Å². The third kappa shape index (κ3) is 4.81. The molecule has 2 aromatic rings. The predicted octanol–water partition coefficient (Wildman–Crippen LogP) is 1.95. The van der Waals surface area contributed by atoms with Crippen LogP contribution in [0.2, 0.25) is 5.02 Å². The molecule has 12 heteroatoms. The van der Waals surface area contributed by atoms with Crippen LogP contribution >= 0.6 is 11.6 Å². The molecule has 144 valence electrons.